The van der Waals surface area contributed by atoms with Crippen molar-refractivity contribution in [1.82, 2.24) is 10.6 Å². The molecule has 0 aromatic heterocycles. The highest BCUT2D eigenvalue weighted by molar-refractivity contribution is 6.63. The summed E-state index contributed by atoms with van der Waals surface area (Å²) in [7, 11) is -1.13. The maximum Gasteiger partial charge on any atom is 0.492 e. The van der Waals surface area contributed by atoms with Crippen molar-refractivity contribution < 1.29 is 24.4 Å². The summed E-state index contributed by atoms with van der Waals surface area (Å²) in [6.45, 7) is 4.14. The molecule has 0 saturated carbocycles. The van der Waals surface area contributed by atoms with Gasteiger partial charge in [0.2, 0.25) is 0 Å². The summed E-state index contributed by atoms with van der Waals surface area (Å²) in [5.41, 5.74) is 1.00. The van der Waals surface area contributed by atoms with Crippen LogP contribution in [-0.4, -0.2) is 48.8 Å². The largest absolute Gasteiger partial charge is 0.492 e. The molecular weight excluding hydrogens is 287 g/mol. The van der Waals surface area contributed by atoms with E-state index in [1.807, 2.05) is 19.9 Å². The number of fused-ring (bicyclic) bond motifs is 1. The second kappa shape index (κ2) is 6.47. The lowest BCUT2D eigenvalue weighted by atomic mass is 9.75. The van der Waals surface area contributed by atoms with Gasteiger partial charge in [-0.05, 0) is 25.5 Å². The highest BCUT2D eigenvalue weighted by Crippen LogP contribution is 2.30. The number of amides is 1. The smallest absolute Gasteiger partial charge is 0.480 e. The molecule has 0 radical (unpaired) electrons. The van der Waals surface area contributed by atoms with E-state index in [1.54, 1.807) is 12.1 Å². The van der Waals surface area contributed by atoms with E-state index in [1.165, 1.54) is 0 Å². The Labute approximate surface area is 128 Å². The van der Waals surface area contributed by atoms with Crippen LogP contribution in [0.15, 0.2) is 18.2 Å². The van der Waals surface area contributed by atoms with Crippen LogP contribution in [0.4, 0.5) is 0 Å². The van der Waals surface area contributed by atoms with E-state index in [2.05, 4.69) is 10.6 Å². The predicted molar refractivity (Wildman–Crippen MR) is 81.0 cm³/mol. The van der Waals surface area contributed by atoms with Gasteiger partial charge in [0.1, 0.15) is 0 Å². The molecule has 2 rings (SSSR count). The van der Waals surface area contributed by atoms with Gasteiger partial charge in [-0.3, -0.25) is 9.59 Å². The summed E-state index contributed by atoms with van der Waals surface area (Å²) >= 11 is 0. The molecule has 22 heavy (non-hydrogen) atoms. The fraction of sp³-hybridized carbons (Fsp3) is 0.429. The Hall–Kier alpha value is -1.90. The summed E-state index contributed by atoms with van der Waals surface area (Å²) in [5, 5.41) is 23.9. The Morgan fingerprint density at radius 2 is 2.05 bits per heavy atom. The van der Waals surface area contributed by atoms with Crippen molar-refractivity contribution >= 4 is 24.5 Å². The number of hydrogen-bond acceptors (Lipinski definition) is 5. The van der Waals surface area contributed by atoms with Crippen LogP contribution in [0.3, 0.4) is 0 Å². The molecule has 8 heteroatoms. The minimum absolute atomic E-state index is 0.155. The fourth-order valence-electron chi connectivity index (χ4n) is 2.51. The summed E-state index contributed by atoms with van der Waals surface area (Å²) in [4.78, 5) is 22.6. The molecule has 4 N–H and O–H groups in total. The van der Waals surface area contributed by atoms with E-state index in [-0.39, 0.29) is 19.0 Å². The fourth-order valence-corrected chi connectivity index (χ4v) is 2.51. The van der Waals surface area contributed by atoms with Gasteiger partial charge in [0.15, 0.2) is 0 Å². The molecule has 1 aromatic carbocycles. The first-order valence-electron chi connectivity index (χ1n) is 7.03. The zero-order chi connectivity index (χ0) is 16.3. The monoisotopic (exact) mass is 306 g/mol. The van der Waals surface area contributed by atoms with E-state index in [0.717, 1.165) is 5.56 Å². The normalized spacial score (nSPS) is 15.5. The molecule has 0 unspecified atom stereocenters. The number of carbonyl (C=O) groups is 2. The maximum absolute atomic E-state index is 12.2. The number of nitrogens with one attached hydrogen (secondary N) is 2. The first-order chi connectivity index (χ1) is 10.3. The molecule has 7 nitrogen and oxygen atoms in total. The average molecular weight is 306 g/mol. The quantitative estimate of drug-likeness (QED) is 0.398. The molecule has 0 bridgehead atoms. The van der Waals surface area contributed by atoms with Crippen LogP contribution in [0.5, 0.6) is 0 Å². The van der Waals surface area contributed by atoms with Gasteiger partial charge in [0.05, 0.1) is 12.1 Å². The van der Waals surface area contributed by atoms with Gasteiger partial charge in [0, 0.05) is 24.1 Å². The van der Waals surface area contributed by atoms with Crippen molar-refractivity contribution in [3.63, 3.8) is 0 Å². The highest BCUT2D eigenvalue weighted by atomic mass is 16.5. The molecule has 1 aromatic rings. The number of carboxylic acid groups (broad SMARTS) is 1. The molecular formula is C14H19BN2O5. The third kappa shape index (κ3) is 3.46. The van der Waals surface area contributed by atoms with E-state index in [4.69, 9.17) is 9.76 Å². The zero-order valence-electron chi connectivity index (χ0n) is 12.5. The third-order valence-corrected chi connectivity index (χ3v) is 3.52. The molecule has 1 aliphatic rings. The SMILES string of the molecule is CC1(C)OB(O)c2c(C(=O)NCCNCC(=O)O)cccc21. The molecule has 1 aliphatic heterocycles. The van der Waals surface area contributed by atoms with Gasteiger partial charge in [-0.25, -0.2) is 0 Å². The number of hydrogen-bond donors (Lipinski definition) is 4. The Morgan fingerprint density at radius 1 is 1.32 bits per heavy atom. The molecule has 0 fully saturated rings. The molecule has 0 atom stereocenters. The highest BCUT2D eigenvalue weighted by Gasteiger charge is 2.42. The van der Waals surface area contributed by atoms with E-state index in [9.17, 15) is 14.6 Å². The molecule has 0 spiro atoms. The van der Waals surface area contributed by atoms with Gasteiger partial charge in [-0.2, -0.15) is 0 Å². The van der Waals surface area contributed by atoms with Crippen LogP contribution in [-0.2, 0) is 15.0 Å². The number of carboxylic acids is 1. The first kappa shape index (κ1) is 16.5. The summed E-state index contributed by atoms with van der Waals surface area (Å²) in [6.07, 6.45) is 0. The number of rotatable bonds is 6. The van der Waals surface area contributed by atoms with Gasteiger partial charge in [-0.1, -0.05) is 12.1 Å². The lowest BCUT2D eigenvalue weighted by Gasteiger charge is -2.19. The molecule has 118 valence electrons. The van der Waals surface area contributed by atoms with Crippen LogP contribution in [0.25, 0.3) is 0 Å². The lowest BCUT2D eigenvalue weighted by Crippen LogP contribution is -2.39. The van der Waals surface area contributed by atoms with Gasteiger partial charge < -0.3 is 25.4 Å². The van der Waals surface area contributed by atoms with E-state index < -0.39 is 18.7 Å². The van der Waals surface area contributed by atoms with Crippen LogP contribution in [0.1, 0.15) is 29.8 Å². The second-order valence-corrected chi connectivity index (χ2v) is 5.57. The maximum atomic E-state index is 12.2. The zero-order valence-corrected chi connectivity index (χ0v) is 12.5. The van der Waals surface area contributed by atoms with Crippen LogP contribution >= 0.6 is 0 Å². The standard InChI is InChI=1S/C14H19BN2O5/c1-14(2)10-5-3-4-9(12(10)15(21)22-14)13(20)17-7-6-16-8-11(18)19/h3-5,16,21H,6-8H2,1-2H3,(H,17,20)(H,18,19). The topological polar surface area (TPSA) is 108 Å². The van der Waals surface area contributed by atoms with Crippen molar-refractivity contribution in [2.75, 3.05) is 19.6 Å². The minimum Gasteiger partial charge on any atom is -0.480 e. The van der Waals surface area contributed by atoms with Crippen LogP contribution in [0, 0.1) is 0 Å². The first-order valence-corrected chi connectivity index (χ1v) is 7.03. The Morgan fingerprint density at radius 3 is 2.73 bits per heavy atom. The third-order valence-electron chi connectivity index (χ3n) is 3.52. The van der Waals surface area contributed by atoms with Crippen LogP contribution < -0.4 is 16.1 Å². The van der Waals surface area contributed by atoms with Crippen LogP contribution in [0.2, 0.25) is 0 Å². The summed E-state index contributed by atoms with van der Waals surface area (Å²) in [6, 6.07) is 5.21. The van der Waals surface area contributed by atoms with Gasteiger partial charge in [0.25, 0.3) is 5.91 Å². The summed E-state index contributed by atoms with van der Waals surface area (Å²) in [5.74, 6) is -1.27. The number of benzene rings is 1. The Kier molecular flexibility index (Phi) is 4.85. The van der Waals surface area contributed by atoms with Gasteiger partial charge >= 0.3 is 13.1 Å². The average Bonchev–Trinajstić information content (AvgIpc) is 2.68. The Balaban J connectivity index is 2.03. The van der Waals surface area contributed by atoms with Crippen molar-refractivity contribution in [3.05, 3.63) is 29.3 Å². The second-order valence-electron chi connectivity index (χ2n) is 5.57. The van der Waals surface area contributed by atoms with Gasteiger partial charge in [-0.15, -0.1) is 0 Å². The molecule has 1 amide bonds. The Bertz CT molecular complexity index is 591. The summed E-state index contributed by atoms with van der Waals surface area (Å²) < 4.78 is 5.48. The van der Waals surface area contributed by atoms with Crippen molar-refractivity contribution in [2.45, 2.75) is 19.4 Å². The number of carbonyl (C=O) groups excluding carboxylic acids is 1. The molecule has 1 heterocycles. The predicted octanol–water partition coefficient (Wildman–Crippen LogP) is -0.957. The number of aliphatic carboxylic acids is 1. The van der Waals surface area contributed by atoms with Crippen molar-refractivity contribution in [3.8, 4) is 0 Å². The van der Waals surface area contributed by atoms with Crippen molar-refractivity contribution in [2.24, 2.45) is 0 Å². The minimum atomic E-state index is -1.13. The van der Waals surface area contributed by atoms with E-state index >= 15 is 0 Å². The van der Waals surface area contributed by atoms with E-state index in [0.29, 0.717) is 17.6 Å². The molecule has 0 saturated heterocycles. The molecule has 0 aliphatic carbocycles. The van der Waals surface area contributed by atoms with Crippen molar-refractivity contribution in [1.29, 1.82) is 0 Å². The lowest BCUT2D eigenvalue weighted by molar-refractivity contribution is -0.135.